The summed E-state index contributed by atoms with van der Waals surface area (Å²) in [5, 5.41) is 10.6. The summed E-state index contributed by atoms with van der Waals surface area (Å²) in [5.41, 5.74) is 2.96. The van der Waals surface area contributed by atoms with Crippen molar-refractivity contribution in [1.29, 1.82) is 0 Å². The average molecular weight is 299 g/mol. The van der Waals surface area contributed by atoms with Crippen LogP contribution in [0.4, 0.5) is 4.79 Å². The first-order valence-corrected chi connectivity index (χ1v) is 7.86. The van der Waals surface area contributed by atoms with Gasteiger partial charge in [-0.05, 0) is 44.2 Å². The number of aromatic nitrogens is 1. The number of nitrogens with one attached hydrogen (secondary N) is 2. The third-order valence-corrected chi connectivity index (χ3v) is 3.99. The minimum Gasteiger partial charge on any atom is -0.356 e. The molecule has 1 aliphatic carbocycles. The van der Waals surface area contributed by atoms with Crippen molar-refractivity contribution < 1.29 is 9.32 Å². The van der Waals surface area contributed by atoms with Crippen molar-refractivity contribution in [2.24, 2.45) is 0 Å². The fourth-order valence-electron chi connectivity index (χ4n) is 2.76. The van der Waals surface area contributed by atoms with E-state index in [9.17, 15) is 4.79 Å². The third kappa shape index (κ3) is 3.67. The second-order valence-corrected chi connectivity index (χ2v) is 5.59. The Bertz CT molecular complexity index is 675. The molecule has 22 heavy (non-hydrogen) atoms. The van der Waals surface area contributed by atoms with E-state index in [0.717, 1.165) is 23.1 Å². The summed E-state index contributed by atoms with van der Waals surface area (Å²) in [7, 11) is 0. The monoisotopic (exact) mass is 299 g/mol. The smallest absolute Gasteiger partial charge is 0.315 e. The van der Waals surface area contributed by atoms with Crippen molar-refractivity contribution in [2.75, 3.05) is 6.54 Å². The number of para-hydroxylation sites is 1. The number of rotatable bonds is 5. The van der Waals surface area contributed by atoms with Crippen molar-refractivity contribution in [2.45, 2.75) is 38.6 Å². The van der Waals surface area contributed by atoms with Crippen LogP contribution in [-0.2, 0) is 6.54 Å². The van der Waals surface area contributed by atoms with E-state index in [2.05, 4.69) is 21.9 Å². The van der Waals surface area contributed by atoms with Crippen LogP contribution in [0.15, 0.2) is 40.4 Å². The highest BCUT2D eigenvalue weighted by molar-refractivity contribution is 5.80. The van der Waals surface area contributed by atoms with E-state index >= 15 is 0 Å². The van der Waals surface area contributed by atoms with Crippen molar-refractivity contribution in [3.63, 3.8) is 0 Å². The Hall–Kier alpha value is -2.30. The number of carbonyl (C=O) groups excluding carboxylic acids is 1. The topological polar surface area (TPSA) is 67.2 Å². The number of hydrogen-bond acceptors (Lipinski definition) is 3. The van der Waals surface area contributed by atoms with E-state index in [4.69, 9.17) is 4.52 Å². The first-order valence-electron chi connectivity index (χ1n) is 7.86. The van der Waals surface area contributed by atoms with Crippen LogP contribution in [0, 0.1) is 0 Å². The number of fused-ring (bicyclic) bond motifs is 1. The van der Waals surface area contributed by atoms with Gasteiger partial charge in [0.1, 0.15) is 5.69 Å². The molecule has 0 fully saturated rings. The van der Waals surface area contributed by atoms with Gasteiger partial charge in [-0.1, -0.05) is 28.9 Å². The first-order chi connectivity index (χ1) is 10.8. The largest absolute Gasteiger partial charge is 0.356 e. The molecule has 0 saturated heterocycles. The molecule has 0 saturated carbocycles. The maximum absolute atomic E-state index is 11.8. The molecule has 0 radical (unpaired) electrons. The zero-order valence-electron chi connectivity index (χ0n) is 12.6. The summed E-state index contributed by atoms with van der Waals surface area (Å²) < 4.78 is 5.21. The Morgan fingerprint density at radius 1 is 1.23 bits per heavy atom. The number of allylic oxidation sites excluding steroid dienone is 1. The van der Waals surface area contributed by atoms with E-state index in [1.807, 2.05) is 24.3 Å². The highest BCUT2D eigenvalue weighted by Crippen LogP contribution is 2.19. The van der Waals surface area contributed by atoms with E-state index in [1.54, 1.807) is 0 Å². The van der Waals surface area contributed by atoms with Gasteiger partial charge >= 0.3 is 6.03 Å². The Kier molecular flexibility index (Phi) is 4.73. The molecule has 0 aliphatic heterocycles. The summed E-state index contributed by atoms with van der Waals surface area (Å²) in [6.07, 6.45) is 8.18. The minimum atomic E-state index is -0.163. The predicted molar refractivity (Wildman–Crippen MR) is 85.4 cm³/mol. The molecule has 0 bridgehead atoms. The molecule has 2 aromatic rings. The molecule has 0 spiro atoms. The number of benzene rings is 1. The summed E-state index contributed by atoms with van der Waals surface area (Å²) >= 11 is 0. The SMILES string of the molecule is O=C(NCCC1=CCCCC1)NCc1noc2ccccc12. The van der Waals surface area contributed by atoms with Gasteiger partial charge in [0.25, 0.3) is 0 Å². The van der Waals surface area contributed by atoms with E-state index in [1.165, 1.54) is 31.3 Å². The second kappa shape index (κ2) is 7.11. The molecule has 1 aliphatic rings. The third-order valence-electron chi connectivity index (χ3n) is 3.99. The number of hydrogen-bond donors (Lipinski definition) is 2. The molecular weight excluding hydrogens is 278 g/mol. The Labute approximate surface area is 129 Å². The van der Waals surface area contributed by atoms with Gasteiger partial charge in [0.05, 0.1) is 6.54 Å². The van der Waals surface area contributed by atoms with Crippen LogP contribution < -0.4 is 10.6 Å². The lowest BCUT2D eigenvalue weighted by Gasteiger charge is -2.13. The molecule has 2 amide bonds. The molecule has 0 unspecified atom stereocenters. The number of amides is 2. The molecule has 5 nitrogen and oxygen atoms in total. The highest BCUT2D eigenvalue weighted by atomic mass is 16.5. The molecule has 1 aromatic heterocycles. The van der Waals surface area contributed by atoms with Crippen LogP contribution in [-0.4, -0.2) is 17.7 Å². The van der Waals surface area contributed by atoms with Gasteiger partial charge in [-0.3, -0.25) is 0 Å². The average Bonchev–Trinajstić information content (AvgIpc) is 2.97. The van der Waals surface area contributed by atoms with E-state index < -0.39 is 0 Å². The lowest BCUT2D eigenvalue weighted by Crippen LogP contribution is -2.35. The summed E-state index contributed by atoms with van der Waals surface area (Å²) in [6.45, 7) is 1.04. The summed E-state index contributed by atoms with van der Waals surface area (Å²) in [4.78, 5) is 11.8. The molecule has 0 atom stereocenters. The standard InChI is InChI=1S/C17H21N3O2/c21-17(18-11-10-13-6-2-1-3-7-13)19-12-15-14-8-4-5-9-16(14)22-20-15/h4-6,8-9H,1-3,7,10-12H2,(H2,18,19,21). The maximum atomic E-state index is 11.8. The van der Waals surface area contributed by atoms with Gasteiger partial charge < -0.3 is 15.2 Å². The van der Waals surface area contributed by atoms with Crippen LogP contribution >= 0.6 is 0 Å². The fraction of sp³-hybridized carbons (Fsp3) is 0.412. The van der Waals surface area contributed by atoms with Crippen molar-refractivity contribution in [3.05, 3.63) is 41.6 Å². The van der Waals surface area contributed by atoms with E-state index in [-0.39, 0.29) is 6.03 Å². The number of nitrogens with zero attached hydrogens (tertiary/aromatic N) is 1. The van der Waals surface area contributed by atoms with Gasteiger partial charge in [-0.25, -0.2) is 4.79 Å². The van der Waals surface area contributed by atoms with Crippen molar-refractivity contribution >= 4 is 17.0 Å². The lowest BCUT2D eigenvalue weighted by molar-refractivity contribution is 0.240. The van der Waals surface area contributed by atoms with Crippen LogP contribution in [0.3, 0.4) is 0 Å². The zero-order valence-corrected chi connectivity index (χ0v) is 12.6. The highest BCUT2D eigenvalue weighted by Gasteiger charge is 2.09. The predicted octanol–water partition coefficient (Wildman–Crippen LogP) is 3.52. The van der Waals surface area contributed by atoms with Crippen LogP contribution in [0.1, 0.15) is 37.8 Å². The number of carbonyl (C=O) groups is 1. The summed E-state index contributed by atoms with van der Waals surface area (Å²) in [5.74, 6) is 0. The molecule has 116 valence electrons. The molecule has 5 heteroatoms. The van der Waals surface area contributed by atoms with Gasteiger partial charge in [0, 0.05) is 11.9 Å². The van der Waals surface area contributed by atoms with Gasteiger partial charge in [-0.15, -0.1) is 0 Å². The van der Waals surface area contributed by atoms with Crippen LogP contribution in [0.2, 0.25) is 0 Å². The zero-order chi connectivity index (χ0) is 15.2. The Balaban J connectivity index is 1.43. The van der Waals surface area contributed by atoms with Gasteiger partial charge in [-0.2, -0.15) is 0 Å². The molecule has 1 aromatic carbocycles. The van der Waals surface area contributed by atoms with E-state index in [0.29, 0.717) is 13.1 Å². The van der Waals surface area contributed by atoms with Crippen molar-refractivity contribution in [1.82, 2.24) is 15.8 Å². The quantitative estimate of drug-likeness (QED) is 0.830. The lowest BCUT2D eigenvalue weighted by atomic mass is 9.97. The van der Waals surface area contributed by atoms with Gasteiger partial charge in [0.15, 0.2) is 5.58 Å². The normalized spacial score (nSPS) is 14.6. The summed E-state index contributed by atoms with van der Waals surface area (Å²) in [6, 6.07) is 7.47. The first kappa shape index (κ1) is 14.6. The molecule has 2 N–H and O–H groups in total. The molecule has 3 rings (SSSR count). The molecule has 1 heterocycles. The Morgan fingerprint density at radius 2 is 2.14 bits per heavy atom. The van der Waals surface area contributed by atoms with Crippen LogP contribution in [0.5, 0.6) is 0 Å². The van der Waals surface area contributed by atoms with Crippen LogP contribution in [0.25, 0.3) is 11.0 Å². The second-order valence-electron chi connectivity index (χ2n) is 5.59. The maximum Gasteiger partial charge on any atom is 0.315 e. The van der Waals surface area contributed by atoms with Crippen molar-refractivity contribution in [3.8, 4) is 0 Å². The fourth-order valence-corrected chi connectivity index (χ4v) is 2.76. The number of urea groups is 1. The molecular formula is C17H21N3O2. The van der Waals surface area contributed by atoms with Gasteiger partial charge in [0.2, 0.25) is 0 Å². The minimum absolute atomic E-state index is 0.163. The Morgan fingerprint density at radius 3 is 3.00 bits per heavy atom.